The van der Waals surface area contributed by atoms with Gasteiger partial charge in [-0.15, -0.1) is 0 Å². The van der Waals surface area contributed by atoms with Crippen molar-refractivity contribution >= 4 is 25.4 Å². The first-order valence-corrected chi connectivity index (χ1v) is 12.8. The van der Waals surface area contributed by atoms with Crippen LogP contribution >= 0.6 is 0 Å². The first-order valence-electron chi connectivity index (χ1n) is 11.0. The number of esters is 1. The maximum atomic E-state index is 12.9. The number of ether oxygens (including phenoxy) is 3. The van der Waals surface area contributed by atoms with Crippen LogP contribution in [-0.2, 0) is 20.8 Å². The number of benzene rings is 3. The SMILES string of the molecule is C[C@@H]1O[C@@H]([Se]c2ccccc2)[C@@H](N=[N+]=[N-])[C@H](OCc2ccccc2)[C@@H]1OC(=O)c1ccccc1. The molecule has 4 rings (SSSR count). The van der Waals surface area contributed by atoms with Crippen molar-refractivity contribution in [3.8, 4) is 0 Å². The van der Waals surface area contributed by atoms with E-state index in [-0.39, 0.29) is 20.0 Å². The molecule has 34 heavy (non-hydrogen) atoms. The van der Waals surface area contributed by atoms with Crippen molar-refractivity contribution in [3.63, 3.8) is 0 Å². The zero-order valence-corrected chi connectivity index (χ0v) is 20.4. The van der Waals surface area contributed by atoms with Gasteiger partial charge in [0.15, 0.2) is 0 Å². The van der Waals surface area contributed by atoms with E-state index in [9.17, 15) is 10.3 Å². The van der Waals surface area contributed by atoms with E-state index < -0.39 is 30.3 Å². The van der Waals surface area contributed by atoms with Gasteiger partial charge >= 0.3 is 205 Å². The van der Waals surface area contributed by atoms with Gasteiger partial charge < -0.3 is 0 Å². The van der Waals surface area contributed by atoms with Crippen molar-refractivity contribution < 1.29 is 19.0 Å². The van der Waals surface area contributed by atoms with E-state index in [4.69, 9.17) is 14.2 Å². The topological polar surface area (TPSA) is 93.5 Å². The molecular weight excluding hydrogens is 497 g/mol. The summed E-state index contributed by atoms with van der Waals surface area (Å²) >= 11 is -0.142. The Kier molecular flexibility index (Phi) is 8.36. The molecular formula is C26H25N3O4Se. The zero-order valence-electron chi connectivity index (χ0n) is 18.6. The van der Waals surface area contributed by atoms with Gasteiger partial charge in [-0.25, -0.2) is 0 Å². The second kappa shape index (κ2) is 11.8. The minimum atomic E-state index is -0.741. The average molecular weight is 522 g/mol. The number of carbonyl (C=O) groups is 1. The van der Waals surface area contributed by atoms with Crippen LogP contribution in [0.4, 0.5) is 0 Å². The molecule has 8 heteroatoms. The van der Waals surface area contributed by atoms with Gasteiger partial charge in [0.1, 0.15) is 0 Å². The average Bonchev–Trinajstić information content (AvgIpc) is 2.88. The molecule has 3 aromatic carbocycles. The van der Waals surface area contributed by atoms with E-state index in [0.29, 0.717) is 12.2 Å². The number of hydrogen-bond acceptors (Lipinski definition) is 5. The molecule has 0 aromatic heterocycles. The molecule has 0 spiro atoms. The Balaban J connectivity index is 1.61. The number of azide groups is 1. The van der Waals surface area contributed by atoms with Crippen LogP contribution in [0, 0.1) is 0 Å². The van der Waals surface area contributed by atoms with Crippen molar-refractivity contribution in [2.45, 2.75) is 42.9 Å². The van der Waals surface area contributed by atoms with Crippen molar-refractivity contribution in [1.82, 2.24) is 0 Å². The molecule has 5 atom stereocenters. The number of carbonyl (C=O) groups excluding carboxylic acids is 1. The summed E-state index contributed by atoms with van der Waals surface area (Å²) in [5, 5.41) is 3.71. The molecule has 1 saturated heterocycles. The van der Waals surface area contributed by atoms with Crippen LogP contribution in [0.3, 0.4) is 0 Å². The predicted molar refractivity (Wildman–Crippen MR) is 130 cm³/mol. The molecule has 1 heterocycles. The fraction of sp³-hybridized carbons (Fsp3) is 0.269. The second-order valence-corrected chi connectivity index (χ2v) is 10.3. The van der Waals surface area contributed by atoms with Gasteiger partial charge in [-0.2, -0.15) is 0 Å². The molecule has 0 N–H and O–H groups in total. The molecule has 174 valence electrons. The molecule has 0 aliphatic carbocycles. The molecule has 7 nitrogen and oxygen atoms in total. The normalized spacial score (nSPS) is 24.1. The fourth-order valence-corrected chi connectivity index (χ4v) is 6.22. The summed E-state index contributed by atoms with van der Waals surface area (Å²) in [6.07, 6.45) is -1.85. The van der Waals surface area contributed by atoms with E-state index in [1.54, 1.807) is 24.3 Å². The maximum absolute atomic E-state index is 12.9. The first kappa shape index (κ1) is 24.0. The molecule has 1 fully saturated rings. The van der Waals surface area contributed by atoms with E-state index in [1.807, 2.05) is 73.7 Å². The second-order valence-electron chi connectivity index (χ2n) is 7.83. The van der Waals surface area contributed by atoms with Gasteiger partial charge in [-0.3, -0.25) is 0 Å². The Morgan fingerprint density at radius 3 is 2.24 bits per heavy atom. The molecule has 0 bridgehead atoms. The summed E-state index contributed by atoms with van der Waals surface area (Å²) in [7, 11) is 0. The monoisotopic (exact) mass is 523 g/mol. The van der Waals surface area contributed by atoms with E-state index in [0.717, 1.165) is 10.0 Å². The van der Waals surface area contributed by atoms with Gasteiger partial charge in [0.25, 0.3) is 0 Å². The van der Waals surface area contributed by atoms with E-state index in [1.165, 1.54) is 0 Å². The quantitative estimate of drug-likeness (QED) is 0.145. The Hall–Kier alpha value is -3.12. The third kappa shape index (κ3) is 6.06. The number of rotatable bonds is 8. The Morgan fingerprint density at radius 2 is 1.59 bits per heavy atom. The van der Waals surface area contributed by atoms with Gasteiger partial charge in [0.2, 0.25) is 0 Å². The summed E-state index contributed by atoms with van der Waals surface area (Å²) < 4.78 is 19.6. The standard InChI is InChI=1S/C26H25N3O4Se/c1-18-23(33-25(30)20-13-7-3-8-14-20)24(31-17-19-11-5-2-6-12-19)22(28-29-27)26(32-18)34-21-15-9-4-10-16-21/h2-16,18,22-24,26H,17H2,1H3/t18-,22-,23+,24-,26-/m0/s1. The third-order valence-electron chi connectivity index (χ3n) is 5.47. The van der Waals surface area contributed by atoms with Crippen LogP contribution in [0.2, 0.25) is 0 Å². The Morgan fingerprint density at radius 1 is 0.971 bits per heavy atom. The molecule has 0 saturated carbocycles. The predicted octanol–water partition coefficient (Wildman–Crippen LogP) is 4.25. The molecule has 3 aromatic rings. The third-order valence-corrected chi connectivity index (χ3v) is 7.92. The number of nitrogens with zero attached hydrogens (tertiary/aromatic N) is 3. The van der Waals surface area contributed by atoms with Gasteiger partial charge in [0.05, 0.1) is 0 Å². The van der Waals surface area contributed by atoms with Gasteiger partial charge in [0, 0.05) is 0 Å². The van der Waals surface area contributed by atoms with E-state index >= 15 is 0 Å². The van der Waals surface area contributed by atoms with Crippen LogP contribution in [0.15, 0.2) is 96.1 Å². The van der Waals surface area contributed by atoms with Crippen LogP contribution in [-0.4, -0.2) is 50.3 Å². The summed E-state index contributed by atoms with van der Waals surface area (Å²) in [5.41, 5.74) is 10.8. The molecule has 1 aliphatic rings. The van der Waals surface area contributed by atoms with Gasteiger partial charge in [-0.1, -0.05) is 0 Å². The van der Waals surface area contributed by atoms with Crippen molar-refractivity contribution in [2.24, 2.45) is 5.11 Å². The fourth-order valence-electron chi connectivity index (χ4n) is 3.79. The Labute approximate surface area is 204 Å². The summed E-state index contributed by atoms with van der Waals surface area (Å²) in [5.74, 6) is -0.471. The molecule has 0 amide bonds. The van der Waals surface area contributed by atoms with Gasteiger partial charge in [-0.05, 0) is 0 Å². The molecule has 1 aliphatic heterocycles. The van der Waals surface area contributed by atoms with Crippen LogP contribution in [0.25, 0.3) is 10.4 Å². The van der Waals surface area contributed by atoms with Crippen molar-refractivity contribution in [2.75, 3.05) is 0 Å². The minimum absolute atomic E-state index is 0.142. The van der Waals surface area contributed by atoms with Crippen molar-refractivity contribution in [1.29, 1.82) is 0 Å². The zero-order chi connectivity index (χ0) is 23.8. The van der Waals surface area contributed by atoms with E-state index in [2.05, 4.69) is 10.0 Å². The first-order chi connectivity index (χ1) is 16.7. The van der Waals surface area contributed by atoms with Crippen LogP contribution in [0.5, 0.6) is 0 Å². The summed E-state index contributed by atoms with van der Waals surface area (Å²) in [6, 6.07) is 27.8. The summed E-state index contributed by atoms with van der Waals surface area (Å²) in [6.45, 7) is 2.16. The van der Waals surface area contributed by atoms with Crippen LogP contribution in [0.1, 0.15) is 22.8 Å². The summed E-state index contributed by atoms with van der Waals surface area (Å²) in [4.78, 5) is 16.0. The number of hydrogen-bond donors (Lipinski definition) is 0. The Bertz CT molecular complexity index is 1110. The molecule has 0 unspecified atom stereocenters. The van der Waals surface area contributed by atoms with Crippen molar-refractivity contribution in [3.05, 3.63) is 113 Å². The van der Waals surface area contributed by atoms with Crippen LogP contribution < -0.4 is 4.46 Å². The molecule has 0 radical (unpaired) electrons.